The van der Waals surface area contributed by atoms with E-state index in [0.29, 0.717) is 0 Å². The molecule has 0 saturated heterocycles. The van der Waals surface area contributed by atoms with Gasteiger partial charge in [-0.1, -0.05) is 6.07 Å². The summed E-state index contributed by atoms with van der Waals surface area (Å²) in [5, 5.41) is 11.4. The quantitative estimate of drug-likeness (QED) is 0.581. The number of anilines is 2. The van der Waals surface area contributed by atoms with Gasteiger partial charge in [-0.2, -0.15) is 5.26 Å². The van der Waals surface area contributed by atoms with Crippen molar-refractivity contribution in [3.05, 3.63) is 53.5 Å². The monoisotopic (exact) mass is 271 g/mol. The highest BCUT2D eigenvalue weighted by Crippen LogP contribution is 2.20. The molecule has 1 aromatic carbocycles. The van der Waals surface area contributed by atoms with Crippen LogP contribution in [0.15, 0.2) is 36.5 Å². The van der Waals surface area contributed by atoms with E-state index >= 15 is 0 Å². The Kier molecular flexibility index (Phi) is 3.88. The number of nitrogens with two attached hydrogens (primary N) is 1. The molecule has 0 radical (unpaired) electrons. The fraction of sp³-hybridized carbons (Fsp3) is 0. The summed E-state index contributed by atoms with van der Waals surface area (Å²) in [6.07, 6.45) is 1.47. The van der Waals surface area contributed by atoms with E-state index in [4.69, 9.17) is 11.1 Å². The first kappa shape index (κ1) is 13.5. The molecule has 1 amide bonds. The van der Waals surface area contributed by atoms with Crippen molar-refractivity contribution in [2.24, 2.45) is 5.84 Å². The molecule has 0 aliphatic carbocycles. The van der Waals surface area contributed by atoms with Gasteiger partial charge in [0.1, 0.15) is 17.4 Å². The lowest BCUT2D eigenvalue weighted by molar-refractivity contribution is 0.102. The van der Waals surface area contributed by atoms with Gasteiger partial charge in [-0.25, -0.2) is 15.2 Å². The highest BCUT2D eigenvalue weighted by Gasteiger charge is 2.15. The molecular weight excluding hydrogens is 261 g/mol. The minimum absolute atomic E-state index is 0.0873. The van der Waals surface area contributed by atoms with Crippen LogP contribution in [0.3, 0.4) is 0 Å². The molecule has 0 aliphatic rings. The maximum Gasteiger partial charge on any atom is 0.259 e. The number of benzene rings is 1. The molecule has 0 unspecified atom stereocenters. The second kappa shape index (κ2) is 5.77. The average Bonchev–Trinajstić information content (AvgIpc) is 2.47. The van der Waals surface area contributed by atoms with Crippen molar-refractivity contribution in [1.29, 1.82) is 5.26 Å². The van der Waals surface area contributed by atoms with E-state index in [2.05, 4.69) is 15.7 Å². The maximum absolute atomic E-state index is 13.4. The molecule has 6 nitrogen and oxygen atoms in total. The number of carbonyl (C=O) groups excluding carboxylic acids is 1. The van der Waals surface area contributed by atoms with Crippen molar-refractivity contribution < 1.29 is 9.18 Å². The maximum atomic E-state index is 13.4. The molecule has 2 rings (SSSR count). The topological polar surface area (TPSA) is 104 Å². The number of rotatable bonds is 3. The number of nitrogen functional groups attached to an aromatic ring is 1. The normalized spacial score (nSPS) is 9.65. The lowest BCUT2D eigenvalue weighted by Crippen LogP contribution is -2.18. The Hall–Kier alpha value is -2.98. The smallest absolute Gasteiger partial charge is 0.259 e. The minimum atomic E-state index is -0.700. The predicted octanol–water partition coefficient (Wildman–Crippen LogP) is 1.63. The lowest BCUT2D eigenvalue weighted by atomic mass is 10.1. The number of halogens is 1. The molecule has 0 fully saturated rings. The largest absolute Gasteiger partial charge is 0.321 e. The number of carbonyl (C=O) groups is 1. The number of hydrazine groups is 1. The number of nitriles is 1. The molecule has 100 valence electrons. The number of pyridine rings is 1. The van der Waals surface area contributed by atoms with E-state index in [1.807, 2.05) is 0 Å². The Balaban J connectivity index is 2.34. The molecule has 0 saturated carbocycles. The average molecular weight is 271 g/mol. The number of hydrogen-bond donors (Lipinski definition) is 3. The predicted molar refractivity (Wildman–Crippen MR) is 71.1 cm³/mol. The molecular formula is C13H10FN5O. The van der Waals surface area contributed by atoms with Gasteiger partial charge in [-0.05, 0) is 24.3 Å². The summed E-state index contributed by atoms with van der Waals surface area (Å²) in [4.78, 5) is 16.0. The minimum Gasteiger partial charge on any atom is -0.321 e. The van der Waals surface area contributed by atoms with Gasteiger partial charge in [-0.15, -0.1) is 0 Å². The van der Waals surface area contributed by atoms with Gasteiger partial charge in [0.05, 0.1) is 11.3 Å². The van der Waals surface area contributed by atoms with Gasteiger partial charge in [-0.3, -0.25) is 4.79 Å². The molecule has 0 bridgehead atoms. The van der Waals surface area contributed by atoms with Crippen LogP contribution in [-0.4, -0.2) is 10.9 Å². The summed E-state index contributed by atoms with van der Waals surface area (Å²) in [7, 11) is 0. The first-order chi connectivity index (χ1) is 9.67. The molecule has 7 heteroatoms. The second-order valence-electron chi connectivity index (χ2n) is 3.77. The Morgan fingerprint density at radius 1 is 1.35 bits per heavy atom. The van der Waals surface area contributed by atoms with Crippen LogP contribution in [0.25, 0.3) is 0 Å². The van der Waals surface area contributed by atoms with Gasteiger partial charge in [0, 0.05) is 6.20 Å². The van der Waals surface area contributed by atoms with Crippen LogP contribution in [0.2, 0.25) is 0 Å². The van der Waals surface area contributed by atoms with Crippen molar-refractivity contribution in [3.63, 3.8) is 0 Å². The third kappa shape index (κ3) is 2.55. The van der Waals surface area contributed by atoms with Crippen LogP contribution in [-0.2, 0) is 0 Å². The van der Waals surface area contributed by atoms with Crippen LogP contribution in [0.5, 0.6) is 0 Å². The zero-order valence-electron chi connectivity index (χ0n) is 10.2. The molecule has 0 aliphatic heterocycles. The zero-order valence-corrected chi connectivity index (χ0v) is 10.2. The van der Waals surface area contributed by atoms with E-state index in [9.17, 15) is 9.18 Å². The number of aromatic nitrogens is 1. The first-order valence-electron chi connectivity index (χ1n) is 5.59. The van der Waals surface area contributed by atoms with Crippen molar-refractivity contribution in [3.8, 4) is 6.07 Å². The Morgan fingerprint density at radius 3 is 2.85 bits per heavy atom. The zero-order chi connectivity index (χ0) is 14.5. The van der Waals surface area contributed by atoms with Crippen molar-refractivity contribution in [2.75, 3.05) is 10.7 Å². The summed E-state index contributed by atoms with van der Waals surface area (Å²) in [5.74, 6) is 4.19. The van der Waals surface area contributed by atoms with Gasteiger partial charge in [0.2, 0.25) is 0 Å². The number of nitrogens with one attached hydrogen (secondary N) is 2. The van der Waals surface area contributed by atoms with Gasteiger partial charge >= 0.3 is 0 Å². The van der Waals surface area contributed by atoms with E-state index in [0.717, 1.165) is 6.07 Å². The van der Waals surface area contributed by atoms with Crippen LogP contribution in [0, 0.1) is 17.1 Å². The van der Waals surface area contributed by atoms with Gasteiger partial charge in [0.25, 0.3) is 5.91 Å². The van der Waals surface area contributed by atoms with Crippen molar-refractivity contribution in [1.82, 2.24) is 4.98 Å². The highest BCUT2D eigenvalue weighted by molar-refractivity contribution is 6.07. The van der Waals surface area contributed by atoms with Gasteiger partial charge < -0.3 is 10.7 Å². The fourth-order valence-electron chi connectivity index (χ4n) is 1.64. The molecule has 1 aromatic heterocycles. The van der Waals surface area contributed by atoms with E-state index in [-0.39, 0.29) is 22.6 Å². The first-order valence-corrected chi connectivity index (χ1v) is 5.59. The van der Waals surface area contributed by atoms with Crippen LogP contribution in [0.1, 0.15) is 15.9 Å². The van der Waals surface area contributed by atoms with Crippen LogP contribution < -0.4 is 16.6 Å². The molecule has 1 heterocycles. The second-order valence-corrected chi connectivity index (χ2v) is 3.77. The van der Waals surface area contributed by atoms with Crippen molar-refractivity contribution in [2.45, 2.75) is 0 Å². The number of amides is 1. The molecule has 20 heavy (non-hydrogen) atoms. The summed E-state index contributed by atoms with van der Waals surface area (Å²) in [6.45, 7) is 0. The SMILES string of the molecule is N#Cc1c(F)cccc1NC(=O)c1cccnc1NN. The summed E-state index contributed by atoms with van der Waals surface area (Å²) in [5.41, 5.74) is 2.33. The molecule has 2 aromatic rings. The summed E-state index contributed by atoms with van der Waals surface area (Å²) < 4.78 is 13.4. The van der Waals surface area contributed by atoms with E-state index in [1.165, 1.54) is 24.4 Å². The van der Waals surface area contributed by atoms with Gasteiger partial charge in [0.15, 0.2) is 5.82 Å². The fourth-order valence-corrected chi connectivity index (χ4v) is 1.64. The van der Waals surface area contributed by atoms with Crippen LogP contribution in [0.4, 0.5) is 15.9 Å². The van der Waals surface area contributed by atoms with E-state index < -0.39 is 11.7 Å². The highest BCUT2D eigenvalue weighted by atomic mass is 19.1. The lowest BCUT2D eigenvalue weighted by Gasteiger charge is -2.09. The number of nitrogens with zero attached hydrogens (tertiary/aromatic N) is 2. The van der Waals surface area contributed by atoms with Crippen molar-refractivity contribution >= 4 is 17.4 Å². The number of hydrogen-bond acceptors (Lipinski definition) is 5. The Bertz CT molecular complexity index is 695. The summed E-state index contributed by atoms with van der Waals surface area (Å²) >= 11 is 0. The third-order valence-electron chi connectivity index (χ3n) is 2.56. The molecule has 0 spiro atoms. The molecule has 0 atom stereocenters. The summed E-state index contributed by atoms with van der Waals surface area (Å²) in [6, 6.07) is 8.75. The Morgan fingerprint density at radius 2 is 2.15 bits per heavy atom. The standard InChI is InChI=1S/C13H10FN5O/c14-10-4-1-5-11(9(10)7-15)18-13(20)8-3-2-6-17-12(8)19-16/h1-6H,16H2,(H,17,19)(H,18,20). The third-order valence-corrected chi connectivity index (χ3v) is 2.56. The molecule has 4 N–H and O–H groups in total. The van der Waals surface area contributed by atoms with E-state index in [1.54, 1.807) is 12.1 Å². The Labute approximate surface area is 114 Å². The van der Waals surface area contributed by atoms with Crippen LogP contribution >= 0.6 is 0 Å².